The van der Waals surface area contributed by atoms with Crippen LogP contribution in [0.3, 0.4) is 0 Å². The highest BCUT2D eigenvalue weighted by molar-refractivity contribution is 5.95. The molecular weight excluding hydrogens is 334 g/mol. The molecule has 0 atom stereocenters. The van der Waals surface area contributed by atoms with E-state index in [9.17, 15) is 4.79 Å². The smallest absolute Gasteiger partial charge is 0.257 e. The molecule has 1 aliphatic rings. The van der Waals surface area contributed by atoms with Crippen molar-refractivity contribution in [2.45, 2.75) is 13.8 Å². The Hall–Kier alpha value is -3.23. The van der Waals surface area contributed by atoms with E-state index in [-0.39, 0.29) is 5.91 Å². The molecule has 1 aliphatic heterocycles. The summed E-state index contributed by atoms with van der Waals surface area (Å²) in [6.07, 6.45) is 3.03. The molecule has 1 saturated heterocycles. The molecule has 4 rings (SSSR count). The lowest BCUT2D eigenvalue weighted by molar-refractivity contribution is 0.0744. The van der Waals surface area contributed by atoms with E-state index in [2.05, 4.69) is 25.2 Å². The maximum atomic E-state index is 12.7. The van der Waals surface area contributed by atoms with Crippen molar-refractivity contribution < 1.29 is 9.21 Å². The van der Waals surface area contributed by atoms with Gasteiger partial charge in [-0.1, -0.05) is 0 Å². The van der Waals surface area contributed by atoms with Gasteiger partial charge < -0.3 is 14.2 Å². The number of hydrogen-bond acceptors (Lipinski definition) is 7. The van der Waals surface area contributed by atoms with E-state index < -0.39 is 0 Å². The van der Waals surface area contributed by atoms with Crippen molar-refractivity contribution >= 4 is 11.7 Å². The minimum atomic E-state index is 0.0200. The Kier molecular flexibility index (Phi) is 4.11. The van der Waals surface area contributed by atoms with E-state index >= 15 is 0 Å². The van der Waals surface area contributed by atoms with Crippen LogP contribution in [-0.4, -0.2) is 61.9 Å². The van der Waals surface area contributed by atoms with Crippen molar-refractivity contribution in [1.82, 2.24) is 29.9 Å². The number of piperazine rings is 1. The number of aromatic nitrogens is 5. The van der Waals surface area contributed by atoms with Crippen LogP contribution in [0.5, 0.6) is 0 Å². The number of carbonyl (C=O) groups excluding carboxylic acids is 1. The molecule has 0 radical (unpaired) electrons. The Morgan fingerprint density at radius 1 is 1.08 bits per heavy atom. The number of anilines is 1. The molecule has 26 heavy (non-hydrogen) atoms. The average molecular weight is 353 g/mol. The van der Waals surface area contributed by atoms with Crippen molar-refractivity contribution in [1.29, 1.82) is 0 Å². The van der Waals surface area contributed by atoms with Gasteiger partial charge in [-0.15, -0.1) is 10.2 Å². The van der Waals surface area contributed by atoms with Crippen molar-refractivity contribution in [2.24, 2.45) is 0 Å². The topological polar surface area (TPSA) is 93.2 Å². The summed E-state index contributed by atoms with van der Waals surface area (Å²) in [6.45, 7) is 6.36. The van der Waals surface area contributed by atoms with Crippen LogP contribution in [0.15, 0.2) is 35.3 Å². The SMILES string of the molecule is Cc1cc(C(=O)N2CCN(c3ccc(-n4cncn4)nn3)CC2)c(C)o1. The Balaban J connectivity index is 1.40. The first-order chi connectivity index (χ1) is 12.6. The summed E-state index contributed by atoms with van der Waals surface area (Å²) in [7, 11) is 0. The molecule has 3 aromatic heterocycles. The molecule has 9 nitrogen and oxygen atoms in total. The van der Waals surface area contributed by atoms with E-state index in [1.807, 2.05) is 30.9 Å². The lowest BCUT2D eigenvalue weighted by Gasteiger charge is -2.35. The van der Waals surface area contributed by atoms with Gasteiger partial charge in [0.05, 0.1) is 5.56 Å². The van der Waals surface area contributed by atoms with E-state index in [4.69, 9.17) is 4.42 Å². The number of carbonyl (C=O) groups is 1. The molecule has 0 saturated carbocycles. The highest BCUT2D eigenvalue weighted by Crippen LogP contribution is 2.19. The Bertz CT molecular complexity index is 894. The number of furan rings is 1. The van der Waals surface area contributed by atoms with Gasteiger partial charge in [0.25, 0.3) is 5.91 Å². The van der Waals surface area contributed by atoms with Gasteiger partial charge in [-0.25, -0.2) is 9.67 Å². The summed E-state index contributed by atoms with van der Waals surface area (Å²) >= 11 is 0. The molecule has 4 heterocycles. The highest BCUT2D eigenvalue weighted by Gasteiger charge is 2.25. The lowest BCUT2D eigenvalue weighted by atomic mass is 10.2. The van der Waals surface area contributed by atoms with Gasteiger partial charge in [-0.3, -0.25) is 4.79 Å². The van der Waals surface area contributed by atoms with E-state index in [1.54, 1.807) is 17.1 Å². The molecule has 0 aromatic carbocycles. The van der Waals surface area contributed by atoms with Crippen LogP contribution in [-0.2, 0) is 0 Å². The predicted molar refractivity (Wildman–Crippen MR) is 93.2 cm³/mol. The lowest BCUT2D eigenvalue weighted by Crippen LogP contribution is -2.49. The van der Waals surface area contributed by atoms with E-state index in [0.717, 1.165) is 11.6 Å². The molecule has 0 unspecified atom stereocenters. The number of nitrogens with zero attached hydrogens (tertiary/aromatic N) is 7. The third-order valence-electron chi connectivity index (χ3n) is 4.45. The predicted octanol–water partition coefficient (Wildman–Crippen LogP) is 1.23. The normalized spacial score (nSPS) is 14.7. The zero-order valence-electron chi connectivity index (χ0n) is 14.7. The van der Waals surface area contributed by atoms with Crippen LogP contribution in [0.1, 0.15) is 21.9 Å². The zero-order valence-corrected chi connectivity index (χ0v) is 14.7. The second-order valence-electron chi connectivity index (χ2n) is 6.20. The van der Waals surface area contributed by atoms with Crippen LogP contribution in [0, 0.1) is 13.8 Å². The van der Waals surface area contributed by atoms with Crippen LogP contribution in [0.4, 0.5) is 5.82 Å². The first-order valence-corrected chi connectivity index (χ1v) is 8.42. The van der Waals surface area contributed by atoms with Gasteiger partial charge in [-0.05, 0) is 32.0 Å². The fourth-order valence-electron chi connectivity index (χ4n) is 3.09. The zero-order chi connectivity index (χ0) is 18.1. The molecule has 0 N–H and O–H groups in total. The summed E-state index contributed by atoms with van der Waals surface area (Å²) in [5.74, 6) is 2.85. The van der Waals surface area contributed by atoms with E-state index in [1.165, 1.54) is 6.33 Å². The van der Waals surface area contributed by atoms with Crippen LogP contribution in [0.2, 0.25) is 0 Å². The van der Waals surface area contributed by atoms with Crippen LogP contribution in [0.25, 0.3) is 5.82 Å². The maximum absolute atomic E-state index is 12.7. The standard InChI is InChI=1S/C17H19N7O2/c1-12-9-14(13(2)26-12)17(25)23-7-5-22(6-8-23)15-3-4-16(21-20-15)24-11-18-10-19-24/h3-4,9-11H,5-8H2,1-2H3. The summed E-state index contributed by atoms with van der Waals surface area (Å²) < 4.78 is 7.03. The highest BCUT2D eigenvalue weighted by atomic mass is 16.3. The third kappa shape index (κ3) is 3.03. The summed E-state index contributed by atoms with van der Waals surface area (Å²) in [5.41, 5.74) is 0.646. The largest absolute Gasteiger partial charge is 0.466 e. The summed E-state index contributed by atoms with van der Waals surface area (Å²) in [4.78, 5) is 20.5. The van der Waals surface area contributed by atoms with Gasteiger partial charge in [0, 0.05) is 26.2 Å². The molecule has 9 heteroatoms. The second kappa shape index (κ2) is 6.58. The van der Waals surface area contributed by atoms with Crippen molar-refractivity contribution in [3.8, 4) is 5.82 Å². The molecule has 1 fully saturated rings. The first kappa shape index (κ1) is 16.2. The molecule has 0 bridgehead atoms. The van der Waals surface area contributed by atoms with Gasteiger partial charge in [-0.2, -0.15) is 5.10 Å². The Morgan fingerprint density at radius 2 is 1.81 bits per heavy atom. The summed E-state index contributed by atoms with van der Waals surface area (Å²) in [5, 5.41) is 12.5. The van der Waals surface area contributed by atoms with Crippen molar-refractivity contribution in [3.63, 3.8) is 0 Å². The molecular formula is C17H19N7O2. The van der Waals surface area contributed by atoms with Gasteiger partial charge >= 0.3 is 0 Å². The van der Waals surface area contributed by atoms with Crippen LogP contribution >= 0.6 is 0 Å². The van der Waals surface area contributed by atoms with Crippen molar-refractivity contribution in [3.05, 3.63) is 47.9 Å². The number of rotatable bonds is 3. The third-order valence-corrected chi connectivity index (χ3v) is 4.45. The summed E-state index contributed by atoms with van der Waals surface area (Å²) in [6, 6.07) is 5.57. The van der Waals surface area contributed by atoms with E-state index in [0.29, 0.717) is 43.3 Å². The average Bonchev–Trinajstić information content (AvgIpc) is 3.31. The number of aryl methyl sites for hydroxylation is 2. The van der Waals surface area contributed by atoms with Gasteiger partial charge in [0.15, 0.2) is 11.6 Å². The molecule has 0 aliphatic carbocycles. The minimum absolute atomic E-state index is 0.0200. The van der Waals surface area contributed by atoms with Crippen molar-refractivity contribution in [2.75, 3.05) is 31.1 Å². The van der Waals surface area contributed by atoms with Gasteiger partial charge in [0.2, 0.25) is 0 Å². The quantitative estimate of drug-likeness (QED) is 0.699. The number of amides is 1. The maximum Gasteiger partial charge on any atom is 0.257 e. The minimum Gasteiger partial charge on any atom is -0.466 e. The molecule has 3 aromatic rings. The first-order valence-electron chi connectivity index (χ1n) is 8.42. The molecule has 134 valence electrons. The molecule has 1 amide bonds. The Morgan fingerprint density at radius 3 is 2.38 bits per heavy atom. The fourth-order valence-corrected chi connectivity index (χ4v) is 3.09. The number of hydrogen-bond donors (Lipinski definition) is 0. The second-order valence-corrected chi connectivity index (χ2v) is 6.20. The fraction of sp³-hybridized carbons (Fsp3) is 0.353. The van der Waals surface area contributed by atoms with Crippen LogP contribution < -0.4 is 4.90 Å². The Labute approximate surface area is 150 Å². The monoisotopic (exact) mass is 353 g/mol. The molecule has 0 spiro atoms. The van der Waals surface area contributed by atoms with Gasteiger partial charge in [0.1, 0.15) is 24.2 Å².